The number of rotatable bonds is 5. The third kappa shape index (κ3) is 4.03. The molecule has 0 saturated carbocycles. The first-order valence-electron chi connectivity index (χ1n) is 8.17. The molecule has 1 heterocycles. The molecule has 0 aliphatic heterocycles. The number of nitrogens with zero attached hydrogens (tertiary/aromatic N) is 1. The molecule has 1 N–H and O–H groups in total. The van der Waals surface area contributed by atoms with E-state index in [-0.39, 0.29) is 18.9 Å². The van der Waals surface area contributed by atoms with Crippen LogP contribution in [0, 0.1) is 6.92 Å². The van der Waals surface area contributed by atoms with Crippen molar-refractivity contribution in [3.63, 3.8) is 0 Å². The summed E-state index contributed by atoms with van der Waals surface area (Å²) in [6.07, 6.45) is 0.0546. The molecule has 27 heavy (non-hydrogen) atoms. The first-order valence-corrected chi connectivity index (χ1v) is 8.54. The van der Waals surface area contributed by atoms with Crippen LogP contribution in [-0.4, -0.2) is 23.6 Å². The number of aromatic nitrogens is 1. The lowest BCUT2D eigenvalue weighted by Crippen LogP contribution is -2.20. The largest absolute Gasteiger partial charge is 0.465 e. The lowest BCUT2D eigenvalue weighted by atomic mass is 10.1. The highest BCUT2D eigenvalue weighted by atomic mass is 35.5. The Labute approximate surface area is 159 Å². The third-order valence-electron chi connectivity index (χ3n) is 4.13. The number of esters is 1. The molecule has 7 nitrogen and oxygen atoms in total. The Morgan fingerprint density at radius 1 is 1.22 bits per heavy atom. The van der Waals surface area contributed by atoms with Gasteiger partial charge in [-0.25, -0.2) is 9.59 Å². The number of hydrogen-bond donors (Lipinski definition) is 1. The van der Waals surface area contributed by atoms with E-state index in [1.165, 1.54) is 11.7 Å². The van der Waals surface area contributed by atoms with Crippen LogP contribution in [0.3, 0.4) is 0 Å². The molecule has 0 aliphatic carbocycles. The fourth-order valence-electron chi connectivity index (χ4n) is 2.68. The van der Waals surface area contributed by atoms with E-state index in [2.05, 4.69) is 10.1 Å². The molecule has 0 aliphatic rings. The van der Waals surface area contributed by atoms with Gasteiger partial charge in [-0.15, -0.1) is 0 Å². The van der Waals surface area contributed by atoms with Gasteiger partial charge in [-0.2, -0.15) is 0 Å². The molecule has 0 saturated heterocycles. The Hall–Kier alpha value is -3.06. The molecule has 2 aromatic carbocycles. The topological polar surface area (TPSA) is 90.5 Å². The van der Waals surface area contributed by atoms with Gasteiger partial charge in [0, 0.05) is 29.7 Å². The highest BCUT2D eigenvalue weighted by molar-refractivity contribution is 6.31. The molecule has 1 amide bonds. The fourth-order valence-corrected chi connectivity index (χ4v) is 2.84. The molecule has 0 unspecified atom stereocenters. The minimum Gasteiger partial charge on any atom is -0.465 e. The van der Waals surface area contributed by atoms with Gasteiger partial charge in [-0.3, -0.25) is 9.36 Å². The van der Waals surface area contributed by atoms with Crippen LogP contribution in [0.4, 0.5) is 5.69 Å². The van der Waals surface area contributed by atoms with E-state index in [4.69, 9.17) is 16.0 Å². The number of fused-ring (bicyclic) bond motifs is 1. The molecular formula is C19H17ClN2O5. The van der Waals surface area contributed by atoms with Crippen molar-refractivity contribution < 1.29 is 18.7 Å². The molecule has 0 fully saturated rings. The summed E-state index contributed by atoms with van der Waals surface area (Å²) >= 11 is 5.89. The van der Waals surface area contributed by atoms with Crippen LogP contribution in [0.2, 0.25) is 5.02 Å². The summed E-state index contributed by atoms with van der Waals surface area (Å²) in [5.41, 5.74) is 2.60. The maximum Gasteiger partial charge on any atom is 0.419 e. The SMILES string of the molecule is COC(=O)c1ccc(C)c(NC(=O)CCn2c(=O)oc3cc(Cl)ccc32)c1. The zero-order chi connectivity index (χ0) is 19.6. The number of anilines is 1. The van der Waals surface area contributed by atoms with Gasteiger partial charge in [-0.05, 0) is 36.8 Å². The maximum atomic E-state index is 12.3. The molecule has 8 heteroatoms. The van der Waals surface area contributed by atoms with E-state index in [0.29, 0.717) is 27.4 Å². The standard InChI is InChI=1S/C19H17ClN2O5/c1-11-3-4-12(18(24)26-2)9-14(11)21-17(23)7-8-22-15-6-5-13(20)10-16(15)27-19(22)25/h3-6,9-10H,7-8H2,1-2H3,(H,21,23). The van der Waals surface area contributed by atoms with Crippen molar-refractivity contribution in [2.75, 3.05) is 12.4 Å². The molecule has 1 aromatic heterocycles. The average molecular weight is 389 g/mol. The number of aryl methyl sites for hydroxylation is 2. The van der Waals surface area contributed by atoms with E-state index in [1.807, 2.05) is 6.92 Å². The van der Waals surface area contributed by atoms with E-state index < -0.39 is 11.7 Å². The summed E-state index contributed by atoms with van der Waals surface area (Å²) in [6, 6.07) is 9.78. The van der Waals surface area contributed by atoms with Crippen molar-refractivity contribution in [3.05, 3.63) is 63.1 Å². The van der Waals surface area contributed by atoms with Crippen LogP contribution < -0.4 is 11.1 Å². The van der Waals surface area contributed by atoms with Crippen molar-refractivity contribution in [3.8, 4) is 0 Å². The lowest BCUT2D eigenvalue weighted by molar-refractivity contribution is -0.116. The minimum absolute atomic E-state index is 0.0546. The highest BCUT2D eigenvalue weighted by Crippen LogP contribution is 2.20. The van der Waals surface area contributed by atoms with E-state index >= 15 is 0 Å². The Balaban J connectivity index is 1.73. The number of methoxy groups -OCH3 is 1. The normalized spacial score (nSPS) is 10.8. The van der Waals surface area contributed by atoms with Gasteiger partial charge >= 0.3 is 11.7 Å². The number of amides is 1. The summed E-state index contributed by atoms with van der Waals surface area (Å²) in [7, 11) is 1.29. The van der Waals surface area contributed by atoms with Gasteiger partial charge < -0.3 is 14.5 Å². The van der Waals surface area contributed by atoms with Crippen LogP contribution in [0.15, 0.2) is 45.6 Å². The van der Waals surface area contributed by atoms with Crippen molar-refractivity contribution in [1.82, 2.24) is 4.57 Å². The van der Waals surface area contributed by atoms with Gasteiger partial charge in [0.05, 0.1) is 18.2 Å². The first-order chi connectivity index (χ1) is 12.9. The predicted octanol–water partition coefficient (Wildman–Crippen LogP) is 3.37. The Bertz CT molecular complexity index is 1080. The van der Waals surface area contributed by atoms with Crippen LogP contribution in [-0.2, 0) is 16.1 Å². The summed E-state index contributed by atoms with van der Waals surface area (Å²) in [6.45, 7) is 1.96. The van der Waals surface area contributed by atoms with E-state index in [1.54, 1.807) is 36.4 Å². The average Bonchev–Trinajstić information content (AvgIpc) is 2.95. The fraction of sp³-hybridized carbons (Fsp3) is 0.211. The summed E-state index contributed by atoms with van der Waals surface area (Å²) in [5.74, 6) is -1.33. The predicted molar refractivity (Wildman–Crippen MR) is 101 cm³/mol. The van der Waals surface area contributed by atoms with E-state index in [9.17, 15) is 14.4 Å². The number of carbonyl (C=O) groups excluding carboxylic acids is 2. The van der Waals surface area contributed by atoms with E-state index in [0.717, 1.165) is 5.56 Å². The van der Waals surface area contributed by atoms with Crippen molar-refractivity contribution >= 4 is 40.3 Å². The third-order valence-corrected chi connectivity index (χ3v) is 4.36. The number of hydrogen-bond acceptors (Lipinski definition) is 5. The summed E-state index contributed by atoms with van der Waals surface area (Å²) < 4.78 is 11.2. The molecule has 0 bridgehead atoms. The molecule has 3 rings (SSSR count). The second kappa shape index (κ2) is 7.67. The first kappa shape index (κ1) is 18.7. The quantitative estimate of drug-likeness (QED) is 0.677. The van der Waals surface area contributed by atoms with Crippen molar-refractivity contribution in [2.24, 2.45) is 0 Å². The zero-order valence-corrected chi connectivity index (χ0v) is 15.5. The molecule has 0 atom stereocenters. The number of benzene rings is 2. The second-order valence-electron chi connectivity index (χ2n) is 5.95. The van der Waals surface area contributed by atoms with Crippen LogP contribution >= 0.6 is 11.6 Å². The van der Waals surface area contributed by atoms with Crippen LogP contribution in [0.25, 0.3) is 11.1 Å². The van der Waals surface area contributed by atoms with Crippen LogP contribution in [0.1, 0.15) is 22.3 Å². The summed E-state index contributed by atoms with van der Waals surface area (Å²) in [5, 5.41) is 3.22. The minimum atomic E-state index is -0.552. The smallest absolute Gasteiger partial charge is 0.419 e. The van der Waals surface area contributed by atoms with Gasteiger partial charge in [0.15, 0.2) is 5.58 Å². The van der Waals surface area contributed by atoms with Crippen LogP contribution in [0.5, 0.6) is 0 Å². The van der Waals surface area contributed by atoms with Gasteiger partial charge in [0.2, 0.25) is 5.91 Å². The lowest BCUT2D eigenvalue weighted by Gasteiger charge is -2.10. The maximum absolute atomic E-state index is 12.3. The Morgan fingerprint density at radius 2 is 2.00 bits per heavy atom. The number of carbonyl (C=O) groups is 2. The Morgan fingerprint density at radius 3 is 2.74 bits per heavy atom. The second-order valence-corrected chi connectivity index (χ2v) is 6.39. The highest BCUT2D eigenvalue weighted by Gasteiger charge is 2.13. The van der Waals surface area contributed by atoms with Gasteiger partial charge in [0.1, 0.15) is 0 Å². The summed E-state index contributed by atoms with van der Waals surface area (Å²) in [4.78, 5) is 36.0. The van der Waals surface area contributed by atoms with Gasteiger partial charge in [0.25, 0.3) is 0 Å². The molecule has 0 radical (unpaired) electrons. The number of halogens is 1. The Kier molecular flexibility index (Phi) is 5.32. The molecular weight excluding hydrogens is 372 g/mol. The molecule has 0 spiro atoms. The van der Waals surface area contributed by atoms with Gasteiger partial charge in [-0.1, -0.05) is 17.7 Å². The van der Waals surface area contributed by atoms with Crippen molar-refractivity contribution in [1.29, 1.82) is 0 Å². The number of oxazole rings is 1. The molecule has 140 valence electrons. The zero-order valence-electron chi connectivity index (χ0n) is 14.7. The molecule has 3 aromatic rings. The monoisotopic (exact) mass is 388 g/mol. The number of ether oxygens (including phenoxy) is 1. The van der Waals surface area contributed by atoms with Crippen molar-refractivity contribution in [2.45, 2.75) is 19.9 Å². The number of nitrogens with one attached hydrogen (secondary N) is 1.